The van der Waals surface area contributed by atoms with E-state index in [2.05, 4.69) is 4.98 Å². The Morgan fingerprint density at radius 3 is 2.58 bits per heavy atom. The largest absolute Gasteiger partial charge is 0.491 e. The fraction of sp³-hybridized carbons (Fsp3) is 0.308. The molecule has 0 unspecified atom stereocenters. The van der Waals surface area contributed by atoms with Crippen molar-refractivity contribution in [1.29, 1.82) is 0 Å². The summed E-state index contributed by atoms with van der Waals surface area (Å²) in [6.45, 7) is 3.62. The fourth-order valence-electron chi connectivity index (χ4n) is 1.79. The van der Waals surface area contributed by atoms with Crippen molar-refractivity contribution >= 4 is 16.7 Å². The number of hydrogen-bond donors (Lipinski definition) is 1. The summed E-state index contributed by atoms with van der Waals surface area (Å²) in [5, 5.41) is 0.209. The van der Waals surface area contributed by atoms with Crippen molar-refractivity contribution in [3.05, 3.63) is 30.0 Å². The number of Topliss-reactive ketones (excluding diaryl/α,β-unsaturated/α-hetero) is 1. The van der Waals surface area contributed by atoms with Gasteiger partial charge in [-0.3, -0.25) is 4.79 Å². The third-order valence-electron chi connectivity index (χ3n) is 2.53. The molecule has 102 valence electrons. The Morgan fingerprint density at radius 2 is 2.00 bits per heavy atom. The van der Waals surface area contributed by atoms with Crippen molar-refractivity contribution in [2.24, 2.45) is 0 Å². The predicted octanol–water partition coefficient (Wildman–Crippen LogP) is 3.70. The molecule has 1 heterocycles. The maximum absolute atomic E-state index is 12.5. The van der Waals surface area contributed by atoms with E-state index in [-0.39, 0.29) is 11.5 Å². The molecule has 0 aliphatic carbocycles. The molecular weight excluding hydrogens is 259 g/mol. The Balaban J connectivity index is 2.49. The average molecular weight is 271 g/mol. The van der Waals surface area contributed by atoms with Gasteiger partial charge in [0.2, 0.25) is 0 Å². The molecule has 1 aromatic heterocycles. The van der Waals surface area contributed by atoms with Crippen LogP contribution in [0.2, 0.25) is 0 Å². The highest BCUT2D eigenvalue weighted by molar-refractivity contribution is 6.10. The predicted molar refractivity (Wildman–Crippen MR) is 64.4 cm³/mol. The van der Waals surface area contributed by atoms with Crippen molar-refractivity contribution in [2.75, 3.05) is 0 Å². The Kier molecular flexibility index (Phi) is 3.26. The van der Waals surface area contributed by atoms with Gasteiger partial charge >= 0.3 is 6.18 Å². The normalized spacial score (nSPS) is 12.1. The van der Waals surface area contributed by atoms with E-state index in [1.807, 2.05) is 13.8 Å². The molecule has 1 N–H and O–H groups in total. The minimum Gasteiger partial charge on any atom is -0.491 e. The molecule has 1 aromatic carbocycles. The van der Waals surface area contributed by atoms with Gasteiger partial charge in [-0.25, -0.2) is 0 Å². The van der Waals surface area contributed by atoms with Gasteiger partial charge in [0.15, 0.2) is 0 Å². The second-order valence-electron chi connectivity index (χ2n) is 4.40. The summed E-state index contributed by atoms with van der Waals surface area (Å²) in [5.74, 6) is -1.43. The number of hydrogen-bond acceptors (Lipinski definition) is 2. The number of nitrogens with one attached hydrogen (secondary N) is 1. The molecule has 0 radical (unpaired) electrons. The van der Waals surface area contributed by atoms with E-state index >= 15 is 0 Å². The highest BCUT2D eigenvalue weighted by Crippen LogP contribution is 2.29. The zero-order valence-corrected chi connectivity index (χ0v) is 10.3. The van der Waals surface area contributed by atoms with Crippen molar-refractivity contribution in [3.63, 3.8) is 0 Å². The Hall–Kier alpha value is -1.98. The fourth-order valence-corrected chi connectivity index (χ4v) is 1.79. The lowest BCUT2D eigenvalue weighted by atomic mass is 10.1. The molecule has 0 spiro atoms. The highest BCUT2D eigenvalue weighted by Gasteiger charge is 2.40. The maximum Gasteiger partial charge on any atom is 0.454 e. The first-order chi connectivity index (χ1) is 8.79. The average Bonchev–Trinajstić information content (AvgIpc) is 2.68. The quantitative estimate of drug-likeness (QED) is 0.865. The Labute approximate surface area is 107 Å². The number of halogens is 3. The number of carbonyl (C=O) groups excluding carboxylic acids is 1. The first-order valence-corrected chi connectivity index (χ1v) is 5.68. The van der Waals surface area contributed by atoms with Crippen LogP contribution in [0.15, 0.2) is 24.4 Å². The second kappa shape index (κ2) is 4.60. The van der Waals surface area contributed by atoms with Gasteiger partial charge in [0, 0.05) is 17.1 Å². The molecule has 0 saturated carbocycles. The van der Waals surface area contributed by atoms with Crippen LogP contribution in [0.25, 0.3) is 10.9 Å². The molecule has 3 nitrogen and oxygen atoms in total. The molecule has 19 heavy (non-hydrogen) atoms. The van der Waals surface area contributed by atoms with E-state index in [1.54, 1.807) is 12.1 Å². The summed E-state index contributed by atoms with van der Waals surface area (Å²) < 4.78 is 42.8. The molecule has 2 aromatic rings. The minimum atomic E-state index is -4.88. The van der Waals surface area contributed by atoms with E-state index in [9.17, 15) is 18.0 Å². The van der Waals surface area contributed by atoms with Gasteiger partial charge < -0.3 is 9.72 Å². The lowest BCUT2D eigenvalue weighted by Gasteiger charge is -2.10. The van der Waals surface area contributed by atoms with Crippen molar-refractivity contribution in [2.45, 2.75) is 26.1 Å². The standard InChI is InChI=1S/C13H12F3NO2/c1-7(2)19-8-3-4-11-9(5-8)10(6-17-11)12(18)13(14,15)16/h3-7,17H,1-2H3. The van der Waals surface area contributed by atoms with E-state index in [0.29, 0.717) is 11.3 Å². The third kappa shape index (κ3) is 2.72. The molecule has 0 saturated heterocycles. The van der Waals surface area contributed by atoms with Crippen LogP contribution in [-0.2, 0) is 0 Å². The number of ether oxygens (including phenoxy) is 1. The molecule has 0 atom stereocenters. The van der Waals surface area contributed by atoms with Crippen LogP contribution in [0.4, 0.5) is 13.2 Å². The molecule has 0 fully saturated rings. The lowest BCUT2D eigenvalue weighted by molar-refractivity contribution is -0.0884. The van der Waals surface area contributed by atoms with Gasteiger partial charge in [-0.15, -0.1) is 0 Å². The number of rotatable bonds is 3. The number of alkyl halides is 3. The molecule has 0 amide bonds. The zero-order valence-electron chi connectivity index (χ0n) is 10.3. The van der Waals surface area contributed by atoms with E-state index in [0.717, 1.165) is 6.20 Å². The smallest absolute Gasteiger partial charge is 0.454 e. The molecule has 6 heteroatoms. The number of carbonyl (C=O) groups is 1. The molecule has 0 aliphatic heterocycles. The van der Waals surface area contributed by atoms with E-state index in [1.165, 1.54) is 6.07 Å². The van der Waals surface area contributed by atoms with Gasteiger partial charge in [0.25, 0.3) is 5.78 Å². The summed E-state index contributed by atoms with van der Waals surface area (Å²) >= 11 is 0. The third-order valence-corrected chi connectivity index (χ3v) is 2.53. The van der Waals surface area contributed by atoms with E-state index in [4.69, 9.17) is 4.74 Å². The van der Waals surface area contributed by atoms with Crippen molar-refractivity contribution < 1.29 is 22.7 Å². The number of aromatic amines is 1. The van der Waals surface area contributed by atoms with E-state index < -0.39 is 17.5 Å². The van der Waals surface area contributed by atoms with Crippen LogP contribution in [0, 0.1) is 0 Å². The first kappa shape index (κ1) is 13.5. The zero-order chi connectivity index (χ0) is 14.2. The molecule has 0 bridgehead atoms. The number of ketones is 1. The molecule has 2 rings (SSSR count). The van der Waals surface area contributed by atoms with Gasteiger partial charge in [0.1, 0.15) is 5.75 Å². The monoisotopic (exact) mass is 271 g/mol. The lowest BCUT2D eigenvalue weighted by Crippen LogP contribution is -2.22. The van der Waals surface area contributed by atoms with Crippen LogP contribution < -0.4 is 4.74 Å². The van der Waals surface area contributed by atoms with Crippen LogP contribution in [-0.4, -0.2) is 23.0 Å². The number of H-pyrrole nitrogens is 1. The number of fused-ring (bicyclic) bond motifs is 1. The molecule has 0 aliphatic rings. The van der Waals surface area contributed by atoms with Gasteiger partial charge in [0.05, 0.1) is 11.7 Å². The summed E-state index contributed by atoms with van der Waals surface area (Å²) in [4.78, 5) is 13.9. The van der Waals surface area contributed by atoms with Crippen LogP contribution in [0.5, 0.6) is 5.75 Å². The van der Waals surface area contributed by atoms with Crippen molar-refractivity contribution in [3.8, 4) is 5.75 Å². The minimum absolute atomic E-state index is 0.0989. The van der Waals surface area contributed by atoms with Gasteiger partial charge in [-0.2, -0.15) is 13.2 Å². The summed E-state index contributed by atoms with van der Waals surface area (Å²) in [5.41, 5.74) is 0.0698. The second-order valence-corrected chi connectivity index (χ2v) is 4.40. The SMILES string of the molecule is CC(C)Oc1ccc2[nH]cc(C(=O)C(F)(F)F)c2c1. The topological polar surface area (TPSA) is 42.1 Å². The molecular formula is C13H12F3NO2. The summed E-state index contributed by atoms with van der Waals surface area (Å²) in [6.07, 6.45) is -3.91. The maximum atomic E-state index is 12.5. The van der Waals surface area contributed by atoms with Gasteiger partial charge in [-0.05, 0) is 32.0 Å². The number of benzene rings is 1. The Bertz CT molecular complexity index is 614. The first-order valence-electron chi connectivity index (χ1n) is 5.68. The summed E-state index contributed by atoms with van der Waals surface area (Å²) in [6, 6.07) is 4.66. The Morgan fingerprint density at radius 1 is 1.32 bits per heavy atom. The van der Waals surface area contributed by atoms with Gasteiger partial charge in [-0.1, -0.05) is 0 Å². The number of aromatic nitrogens is 1. The van der Waals surface area contributed by atoms with Crippen molar-refractivity contribution in [1.82, 2.24) is 4.98 Å². The highest BCUT2D eigenvalue weighted by atomic mass is 19.4. The van der Waals surface area contributed by atoms with Crippen LogP contribution in [0.3, 0.4) is 0 Å². The summed E-state index contributed by atoms with van der Waals surface area (Å²) in [7, 11) is 0. The van der Waals surface area contributed by atoms with Crippen LogP contribution in [0.1, 0.15) is 24.2 Å². The van der Waals surface area contributed by atoms with Crippen LogP contribution >= 0.6 is 0 Å².